The molecule has 5 nitrogen and oxygen atoms in total. The second kappa shape index (κ2) is 8.86. The summed E-state index contributed by atoms with van der Waals surface area (Å²) >= 11 is 0. The third-order valence-electron chi connectivity index (χ3n) is 2.64. The molecule has 0 aliphatic rings. The molecule has 1 unspecified atom stereocenters. The highest BCUT2D eigenvalue weighted by Gasteiger charge is 2.12. The van der Waals surface area contributed by atoms with E-state index in [1.807, 2.05) is 0 Å². The highest BCUT2D eigenvalue weighted by Crippen LogP contribution is 2.24. The minimum absolute atomic E-state index is 0.0539. The smallest absolute Gasteiger partial charge is 0.124 e. The lowest BCUT2D eigenvalue weighted by Gasteiger charge is -2.16. The van der Waals surface area contributed by atoms with Crippen LogP contribution in [0.25, 0.3) is 0 Å². The summed E-state index contributed by atoms with van der Waals surface area (Å²) in [4.78, 5) is 0. The molecular weight excluding hydrogens is 265 g/mol. The summed E-state index contributed by atoms with van der Waals surface area (Å²) < 4.78 is 28.6. The molecule has 0 aliphatic carbocycles. The van der Waals surface area contributed by atoms with Crippen molar-refractivity contribution in [2.45, 2.75) is 19.1 Å². The van der Waals surface area contributed by atoms with Gasteiger partial charge in [-0.1, -0.05) is 0 Å². The maximum Gasteiger partial charge on any atom is 0.124 e. The molecule has 0 saturated carbocycles. The fraction of sp³-hybridized carbons (Fsp3) is 0.571. The number of aliphatic hydroxyl groups is 1. The van der Waals surface area contributed by atoms with Crippen molar-refractivity contribution in [3.05, 3.63) is 29.6 Å². The maximum absolute atomic E-state index is 13.2. The zero-order chi connectivity index (χ0) is 15.0. The van der Waals surface area contributed by atoms with E-state index in [4.69, 9.17) is 19.9 Å². The van der Waals surface area contributed by atoms with E-state index < -0.39 is 6.10 Å². The van der Waals surface area contributed by atoms with Crippen LogP contribution < -0.4 is 10.5 Å². The molecule has 1 aromatic carbocycles. The van der Waals surface area contributed by atoms with Gasteiger partial charge in [0.05, 0.1) is 19.8 Å². The van der Waals surface area contributed by atoms with Gasteiger partial charge in [0, 0.05) is 18.7 Å². The number of hydrogen-bond acceptors (Lipinski definition) is 5. The van der Waals surface area contributed by atoms with Gasteiger partial charge in [-0.2, -0.15) is 0 Å². The molecule has 20 heavy (non-hydrogen) atoms. The summed E-state index contributed by atoms with van der Waals surface area (Å²) in [5, 5.41) is 9.70. The Bertz CT molecular complexity index is 401. The van der Waals surface area contributed by atoms with Gasteiger partial charge >= 0.3 is 0 Å². The van der Waals surface area contributed by atoms with Gasteiger partial charge in [0.25, 0.3) is 0 Å². The Hall–Kier alpha value is -1.21. The highest BCUT2D eigenvalue weighted by molar-refractivity contribution is 5.36. The Morgan fingerprint density at radius 3 is 2.70 bits per heavy atom. The minimum Gasteiger partial charge on any atom is -0.490 e. The average molecular weight is 287 g/mol. The number of benzene rings is 1. The first-order chi connectivity index (χ1) is 9.54. The molecule has 0 fully saturated rings. The van der Waals surface area contributed by atoms with Gasteiger partial charge in [-0.05, 0) is 25.1 Å². The largest absolute Gasteiger partial charge is 0.490 e. The van der Waals surface area contributed by atoms with Crippen molar-refractivity contribution in [2.24, 2.45) is 5.73 Å². The predicted octanol–water partition coefficient (Wildman–Crippen LogP) is 1.25. The Morgan fingerprint density at radius 1 is 1.30 bits per heavy atom. The molecule has 0 aromatic heterocycles. The van der Waals surface area contributed by atoms with Crippen molar-refractivity contribution in [3.8, 4) is 5.75 Å². The summed E-state index contributed by atoms with van der Waals surface area (Å²) in [6.07, 6.45) is -0.766. The number of ether oxygens (including phenoxy) is 3. The normalized spacial score (nSPS) is 14.1. The third kappa shape index (κ3) is 5.83. The second-order valence-corrected chi connectivity index (χ2v) is 4.50. The Morgan fingerprint density at radius 2 is 2.05 bits per heavy atom. The van der Waals surface area contributed by atoms with Gasteiger partial charge in [0.1, 0.15) is 24.3 Å². The monoisotopic (exact) mass is 287 g/mol. The predicted molar refractivity (Wildman–Crippen MR) is 73.2 cm³/mol. The van der Waals surface area contributed by atoms with Crippen LogP contribution in [0.3, 0.4) is 0 Å². The zero-order valence-electron chi connectivity index (χ0n) is 11.8. The molecule has 0 radical (unpaired) electrons. The quantitative estimate of drug-likeness (QED) is 0.669. The van der Waals surface area contributed by atoms with Gasteiger partial charge in [-0.15, -0.1) is 0 Å². The number of hydrogen-bond donors (Lipinski definition) is 2. The highest BCUT2D eigenvalue weighted by atomic mass is 19.1. The van der Waals surface area contributed by atoms with E-state index in [1.165, 1.54) is 18.2 Å². The standard InChI is InChI=1S/C14H22FNO4/c1-10(16)13-7-11(15)3-4-14(13)20-9-12(17)8-19-6-5-18-2/h3-4,7,10,12,17H,5-6,8-9,16H2,1-2H3/t10-,12?/m1/s1. The van der Waals surface area contributed by atoms with Crippen molar-refractivity contribution in [1.29, 1.82) is 0 Å². The molecule has 0 aliphatic heterocycles. The van der Waals surface area contributed by atoms with Crippen LogP contribution in [0.1, 0.15) is 18.5 Å². The van der Waals surface area contributed by atoms with Crippen LogP contribution in [0, 0.1) is 5.82 Å². The van der Waals surface area contributed by atoms with E-state index in [1.54, 1.807) is 14.0 Å². The SMILES string of the molecule is COCCOCC(O)COc1ccc(F)cc1[C@@H](C)N. The maximum atomic E-state index is 13.2. The minimum atomic E-state index is -0.766. The summed E-state index contributed by atoms with van der Waals surface area (Å²) in [7, 11) is 1.58. The molecule has 0 spiro atoms. The number of halogens is 1. The van der Waals surface area contributed by atoms with E-state index in [0.29, 0.717) is 24.5 Å². The lowest BCUT2D eigenvalue weighted by atomic mass is 10.1. The van der Waals surface area contributed by atoms with Gasteiger partial charge < -0.3 is 25.1 Å². The summed E-state index contributed by atoms with van der Waals surface area (Å²) in [6.45, 7) is 2.83. The van der Waals surface area contributed by atoms with E-state index in [9.17, 15) is 9.50 Å². The Kier molecular flexibility index (Phi) is 7.46. The van der Waals surface area contributed by atoms with Gasteiger partial charge in [0.2, 0.25) is 0 Å². The molecule has 6 heteroatoms. The molecule has 0 saturated heterocycles. The van der Waals surface area contributed by atoms with Crippen LogP contribution in [0.15, 0.2) is 18.2 Å². The van der Waals surface area contributed by atoms with Crippen molar-refractivity contribution >= 4 is 0 Å². The van der Waals surface area contributed by atoms with Crippen LogP contribution in [-0.4, -0.2) is 44.7 Å². The summed E-state index contributed by atoms with van der Waals surface area (Å²) in [5.74, 6) is 0.102. The van der Waals surface area contributed by atoms with E-state index in [-0.39, 0.29) is 25.1 Å². The van der Waals surface area contributed by atoms with E-state index >= 15 is 0 Å². The van der Waals surface area contributed by atoms with Crippen LogP contribution in [0.5, 0.6) is 5.75 Å². The third-order valence-corrected chi connectivity index (χ3v) is 2.64. The number of nitrogens with two attached hydrogens (primary N) is 1. The van der Waals surface area contributed by atoms with E-state index in [2.05, 4.69) is 0 Å². The van der Waals surface area contributed by atoms with Gasteiger partial charge in [0.15, 0.2) is 0 Å². The lowest BCUT2D eigenvalue weighted by molar-refractivity contribution is -0.00436. The molecule has 2 atom stereocenters. The first kappa shape index (κ1) is 16.8. The number of methoxy groups -OCH3 is 1. The molecule has 0 bridgehead atoms. The van der Waals surface area contributed by atoms with Crippen molar-refractivity contribution in [2.75, 3.05) is 33.5 Å². The van der Waals surface area contributed by atoms with Gasteiger partial charge in [-0.3, -0.25) is 0 Å². The molecule has 1 rings (SSSR count). The van der Waals surface area contributed by atoms with Crippen molar-refractivity contribution < 1.29 is 23.7 Å². The van der Waals surface area contributed by atoms with Crippen LogP contribution in [0.2, 0.25) is 0 Å². The lowest BCUT2D eigenvalue weighted by Crippen LogP contribution is -2.25. The molecule has 0 amide bonds. The topological polar surface area (TPSA) is 73.9 Å². The van der Waals surface area contributed by atoms with Gasteiger partial charge in [-0.25, -0.2) is 4.39 Å². The molecule has 1 aromatic rings. The molecular formula is C14H22FNO4. The fourth-order valence-electron chi connectivity index (χ4n) is 1.60. The zero-order valence-corrected chi connectivity index (χ0v) is 11.8. The summed E-state index contributed by atoms with van der Waals surface area (Å²) in [5.41, 5.74) is 6.32. The van der Waals surface area contributed by atoms with Crippen LogP contribution in [-0.2, 0) is 9.47 Å². The van der Waals surface area contributed by atoms with Crippen molar-refractivity contribution in [3.63, 3.8) is 0 Å². The Labute approximate surface area is 118 Å². The number of rotatable bonds is 9. The number of aliphatic hydroxyl groups excluding tert-OH is 1. The first-order valence-corrected chi connectivity index (χ1v) is 6.47. The summed E-state index contributed by atoms with van der Waals surface area (Å²) in [6, 6.07) is 3.78. The van der Waals surface area contributed by atoms with Crippen LogP contribution in [0.4, 0.5) is 4.39 Å². The molecule has 3 N–H and O–H groups in total. The Balaban J connectivity index is 2.44. The average Bonchev–Trinajstić information content (AvgIpc) is 2.42. The second-order valence-electron chi connectivity index (χ2n) is 4.50. The van der Waals surface area contributed by atoms with E-state index in [0.717, 1.165) is 0 Å². The fourth-order valence-corrected chi connectivity index (χ4v) is 1.60. The van der Waals surface area contributed by atoms with Crippen LogP contribution >= 0.6 is 0 Å². The molecule has 0 heterocycles. The molecule has 114 valence electrons. The van der Waals surface area contributed by atoms with Crippen molar-refractivity contribution in [1.82, 2.24) is 0 Å². The first-order valence-electron chi connectivity index (χ1n) is 6.47.